The van der Waals surface area contributed by atoms with Crippen LogP contribution in [0.25, 0.3) is 21.9 Å². The molecule has 0 fully saturated rings. The van der Waals surface area contributed by atoms with Crippen LogP contribution in [0.5, 0.6) is 0 Å². The van der Waals surface area contributed by atoms with E-state index in [4.69, 9.17) is 0 Å². The van der Waals surface area contributed by atoms with Crippen LogP contribution in [0.1, 0.15) is 22.6 Å². The van der Waals surface area contributed by atoms with E-state index in [-0.39, 0.29) is 0 Å². The van der Waals surface area contributed by atoms with Crippen molar-refractivity contribution >= 4 is 36.9 Å². The van der Waals surface area contributed by atoms with Crippen molar-refractivity contribution in [3.05, 3.63) is 102 Å². The fraction of sp³-hybridized carbons (Fsp3) is 0.0435. The van der Waals surface area contributed by atoms with Gasteiger partial charge in [0, 0.05) is 0 Å². The molecule has 24 heavy (non-hydrogen) atoms. The molecule has 0 aliphatic heterocycles. The molecule has 4 aromatic carbocycles. The van der Waals surface area contributed by atoms with Gasteiger partial charge in [-0.15, -0.1) is 0 Å². The number of benzene rings is 4. The van der Waals surface area contributed by atoms with Crippen LogP contribution in [0.3, 0.4) is 0 Å². The fourth-order valence-corrected chi connectivity index (χ4v) is 6.41. The Hall–Kier alpha value is -2.06. The van der Waals surface area contributed by atoms with E-state index in [1.807, 2.05) is 0 Å². The third kappa shape index (κ3) is 1.99. The average Bonchev–Trinajstić information content (AvgIpc) is 2.97. The first-order valence-corrected chi connectivity index (χ1v) is 11.4. The van der Waals surface area contributed by atoms with Crippen molar-refractivity contribution in [3.8, 4) is 11.1 Å². The molecule has 1 heteroatoms. The molecule has 0 nitrogen and oxygen atoms in total. The molecular formula is C23H18Sn. The van der Waals surface area contributed by atoms with Crippen molar-refractivity contribution in [2.75, 3.05) is 0 Å². The van der Waals surface area contributed by atoms with Gasteiger partial charge in [-0.25, -0.2) is 0 Å². The van der Waals surface area contributed by atoms with Crippen molar-refractivity contribution in [1.29, 1.82) is 0 Å². The van der Waals surface area contributed by atoms with Gasteiger partial charge in [0.05, 0.1) is 0 Å². The Bertz CT molecular complexity index is 1060. The molecule has 0 aromatic heterocycles. The molecule has 0 bridgehead atoms. The van der Waals surface area contributed by atoms with Crippen molar-refractivity contribution in [3.63, 3.8) is 0 Å². The van der Waals surface area contributed by atoms with Gasteiger partial charge in [0.2, 0.25) is 0 Å². The van der Waals surface area contributed by atoms with Crippen LogP contribution in [0, 0.1) is 0 Å². The average molecular weight is 413 g/mol. The van der Waals surface area contributed by atoms with Crippen LogP contribution in [0.2, 0.25) is 0 Å². The monoisotopic (exact) mass is 414 g/mol. The molecule has 0 saturated carbocycles. The quantitative estimate of drug-likeness (QED) is 0.365. The van der Waals surface area contributed by atoms with Gasteiger partial charge in [-0.05, 0) is 0 Å². The predicted molar refractivity (Wildman–Crippen MR) is 106 cm³/mol. The molecule has 4 aromatic rings. The molecule has 0 radical (unpaired) electrons. The van der Waals surface area contributed by atoms with E-state index < -0.39 is 0 Å². The number of rotatable bonds is 1. The summed E-state index contributed by atoms with van der Waals surface area (Å²) in [5.41, 5.74) is 7.20. The summed E-state index contributed by atoms with van der Waals surface area (Å²) in [6.07, 6.45) is 0. The first-order chi connectivity index (χ1) is 11.8. The van der Waals surface area contributed by atoms with Gasteiger partial charge in [-0.3, -0.25) is 0 Å². The fourth-order valence-electron chi connectivity index (χ4n) is 4.27. The van der Waals surface area contributed by atoms with Crippen LogP contribution < -0.4 is 3.58 Å². The zero-order chi connectivity index (χ0) is 16.1. The van der Waals surface area contributed by atoms with Crippen molar-refractivity contribution < 1.29 is 0 Å². The molecule has 114 valence electrons. The SMILES string of the molecule is [SnH3][c]1cccc2ccc3c(c12)C(c1ccccc1)c1ccccc1-3. The first-order valence-electron chi connectivity index (χ1n) is 8.51. The summed E-state index contributed by atoms with van der Waals surface area (Å²) in [6.45, 7) is 0. The molecule has 1 unspecified atom stereocenters. The van der Waals surface area contributed by atoms with E-state index in [2.05, 4.69) is 84.9 Å². The summed E-state index contributed by atoms with van der Waals surface area (Å²) < 4.78 is 1.57. The Kier molecular flexibility index (Phi) is 3.27. The first kappa shape index (κ1) is 14.3. The Balaban J connectivity index is 1.93. The van der Waals surface area contributed by atoms with Crippen LogP contribution >= 0.6 is 0 Å². The molecule has 0 spiro atoms. The molecule has 0 heterocycles. The van der Waals surface area contributed by atoms with Crippen LogP contribution in [0.15, 0.2) is 84.9 Å². The second kappa shape index (κ2) is 5.49. The summed E-state index contributed by atoms with van der Waals surface area (Å²) in [7, 11) is 0. The van der Waals surface area contributed by atoms with E-state index in [1.54, 1.807) is 3.58 Å². The molecule has 0 saturated heterocycles. The maximum atomic E-state index is 2.33. The zero-order valence-electron chi connectivity index (χ0n) is 13.7. The van der Waals surface area contributed by atoms with Gasteiger partial charge in [-0.1, -0.05) is 0 Å². The van der Waals surface area contributed by atoms with Crippen molar-refractivity contribution in [2.24, 2.45) is 0 Å². The summed E-state index contributed by atoms with van der Waals surface area (Å²) in [5.74, 6) is 0.355. The minimum atomic E-state index is 0.355. The zero-order valence-corrected chi connectivity index (χ0v) is 19.4. The second-order valence-electron chi connectivity index (χ2n) is 6.63. The molecular weight excluding hydrogens is 395 g/mol. The van der Waals surface area contributed by atoms with Gasteiger partial charge >= 0.3 is 156 Å². The summed E-state index contributed by atoms with van der Waals surface area (Å²) in [5, 5.41) is 2.90. The van der Waals surface area contributed by atoms with Crippen LogP contribution in [0.4, 0.5) is 0 Å². The molecule has 1 aliphatic carbocycles. The Morgan fingerprint density at radius 1 is 0.625 bits per heavy atom. The Morgan fingerprint density at radius 3 is 2.29 bits per heavy atom. The van der Waals surface area contributed by atoms with Crippen LogP contribution in [-0.4, -0.2) is 22.5 Å². The van der Waals surface area contributed by atoms with Gasteiger partial charge in [-0.2, -0.15) is 0 Å². The third-order valence-electron chi connectivity index (χ3n) is 5.28. The number of hydrogen-bond acceptors (Lipinski definition) is 0. The van der Waals surface area contributed by atoms with E-state index in [0.717, 1.165) is 0 Å². The van der Waals surface area contributed by atoms with Crippen LogP contribution in [-0.2, 0) is 0 Å². The standard InChI is InChI=1S/C23H15.Sn.3H/c1-2-9-17(10-3-1)22-20-13-7-6-12-19(20)21-15-14-16-8-4-5-11-18(16)23(21)22;;;;/h1-10,12-15,22H;;;;. The van der Waals surface area contributed by atoms with Crippen molar-refractivity contribution in [1.82, 2.24) is 0 Å². The number of fused-ring (bicyclic) bond motifs is 5. The third-order valence-corrected chi connectivity index (χ3v) is 7.66. The van der Waals surface area contributed by atoms with Gasteiger partial charge in [0.25, 0.3) is 0 Å². The summed E-state index contributed by atoms with van der Waals surface area (Å²) in [4.78, 5) is 0. The Morgan fingerprint density at radius 2 is 1.42 bits per heavy atom. The normalized spacial score (nSPS) is 15.4. The van der Waals surface area contributed by atoms with Gasteiger partial charge in [0.1, 0.15) is 0 Å². The van der Waals surface area contributed by atoms with E-state index in [9.17, 15) is 0 Å². The molecule has 1 aliphatic rings. The molecule has 0 amide bonds. The molecule has 5 rings (SSSR count). The topological polar surface area (TPSA) is 0 Å². The van der Waals surface area contributed by atoms with E-state index >= 15 is 0 Å². The number of hydrogen-bond donors (Lipinski definition) is 0. The second-order valence-corrected chi connectivity index (χ2v) is 9.71. The minimum absolute atomic E-state index is 0.355. The molecule has 1 atom stereocenters. The van der Waals surface area contributed by atoms with E-state index in [0.29, 0.717) is 28.4 Å². The van der Waals surface area contributed by atoms with Crippen molar-refractivity contribution in [2.45, 2.75) is 5.92 Å². The molecule has 0 N–H and O–H groups in total. The van der Waals surface area contributed by atoms with E-state index in [1.165, 1.54) is 38.6 Å². The van der Waals surface area contributed by atoms with Gasteiger partial charge < -0.3 is 0 Å². The summed E-state index contributed by atoms with van der Waals surface area (Å²) in [6, 6.07) is 31.3. The Labute approximate surface area is 155 Å². The predicted octanol–water partition coefficient (Wildman–Crippen LogP) is 3.99. The summed E-state index contributed by atoms with van der Waals surface area (Å²) >= 11 is 0.476. The van der Waals surface area contributed by atoms with Gasteiger partial charge in [0.15, 0.2) is 0 Å². The maximum absolute atomic E-state index is 2.33.